The number of carbonyl (C=O) groups excluding carboxylic acids is 2. The van der Waals surface area contributed by atoms with Crippen molar-refractivity contribution in [2.75, 3.05) is 18.1 Å². The van der Waals surface area contributed by atoms with Crippen LogP contribution in [0.4, 0.5) is 5.69 Å². The Balaban J connectivity index is 0.00000240. The summed E-state index contributed by atoms with van der Waals surface area (Å²) in [6.07, 6.45) is 5.42. The summed E-state index contributed by atoms with van der Waals surface area (Å²) in [4.78, 5) is 27.2. The number of aliphatic hydroxyl groups is 1. The smallest absolute Gasteiger partial charge is 0.233 e. The molecule has 0 saturated carbocycles. The Bertz CT molecular complexity index is 909. The van der Waals surface area contributed by atoms with Crippen molar-refractivity contribution in [2.24, 2.45) is 5.41 Å². The number of rotatable bonds is 5. The molecule has 1 atom stereocenters. The first kappa shape index (κ1) is 21.6. The minimum absolute atomic E-state index is 0. The number of Topliss-reactive ketones (excluding diaryl/α,β-unsaturated/α-hetero) is 1. The summed E-state index contributed by atoms with van der Waals surface area (Å²) in [5.74, 6) is -0.0609. The molecule has 5 heteroatoms. The normalized spacial score (nSPS) is 20.5. The number of amides is 1. The van der Waals surface area contributed by atoms with E-state index >= 15 is 0 Å². The molecule has 1 spiro atoms. The predicted molar refractivity (Wildman–Crippen MR) is 120 cm³/mol. The highest BCUT2D eigenvalue weighted by Crippen LogP contribution is 2.45. The van der Waals surface area contributed by atoms with Gasteiger partial charge in [0.15, 0.2) is 5.78 Å². The number of ketones is 1. The van der Waals surface area contributed by atoms with Gasteiger partial charge in [-0.05, 0) is 67.0 Å². The zero-order valence-corrected chi connectivity index (χ0v) is 17.9. The van der Waals surface area contributed by atoms with Gasteiger partial charge in [-0.15, -0.1) is 0 Å². The van der Waals surface area contributed by atoms with Crippen molar-refractivity contribution in [3.8, 4) is 0 Å². The second-order valence-corrected chi connectivity index (χ2v) is 8.15. The second-order valence-electron chi connectivity index (χ2n) is 8.15. The number of anilines is 1. The van der Waals surface area contributed by atoms with E-state index in [4.69, 9.17) is 5.11 Å². The first-order valence-electron chi connectivity index (χ1n) is 10.2. The molecule has 1 saturated heterocycles. The zero-order chi connectivity index (χ0) is 19.7. The van der Waals surface area contributed by atoms with E-state index in [-0.39, 0.29) is 30.6 Å². The maximum Gasteiger partial charge on any atom is 0.233 e. The third kappa shape index (κ3) is 3.99. The third-order valence-corrected chi connectivity index (χ3v) is 6.37. The van der Waals surface area contributed by atoms with Crippen molar-refractivity contribution in [1.29, 1.82) is 0 Å². The summed E-state index contributed by atoms with van der Waals surface area (Å²) >= 11 is 0. The molecule has 1 aliphatic heterocycles. The summed E-state index contributed by atoms with van der Waals surface area (Å²) in [5.41, 5.74) is 4.76. The van der Waals surface area contributed by atoms with Crippen molar-refractivity contribution in [1.82, 2.24) is 0 Å². The monoisotopic (exact) mass is 411 g/mol. The number of hydrogen-bond acceptors (Lipinski definition) is 3. The molecular formula is C24H29NO3S. The molecule has 1 amide bonds. The summed E-state index contributed by atoms with van der Waals surface area (Å²) in [7, 11) is 0. The van der Waals surface area contributed by atoms with Crippen molar-refractivity contribution in [2.45, 2.75) is 45.4 Å². The topological polar surface area (TPSA) is 57.6 Å². The fourth-order valence-corrected chi connectivity index (χ4v) is 4.72. The van der Waals surface area contributed by atoms with E-state index in [1.54, 1.807) is 6.07 Å². The molecule has 4 nitrogen and oxygen atoms in total. The van der Waals surface area contributed by atoms with Gasteiger partial charge in [0, 0.05) is 17.8 Å². The van der Waals surface area contributed by atoms with Crippen molar-refractivity contribution in [3.05, 3.63) is 64.7 Å². The molecule has 2 aliphatic rings. The Morgan fingerprint density at radius 2 is 1.86 bits per heavy atom. The molecule has 4 rings (SSSR count). The van der Waals surface area contributed by atoms with Gasteiger partial charge < -0.3 is 10.0 Å². The van der Waals surface area contributed by atoms with Crippen LogP contribution in [-0.2, 0) is 24.1 Å². The Morgan fingerprint density at radius 1 is 1.10 bits per heavy atom. The Kier molecular flexibility index (Phi) is 6.49. The van der Waals surface area contributed by atoms with Gasteiger partial charge in [0.25, 0.3) is 0 Å². The average molecular weight is 412 g/mol. The molecule has 1 fully saturated rings. The van der Waals surface area contributed by atoms with Crippen LogP contribution in [0, 0.1) is 5.41 Å². The van der Waals surface area contributed by atoms with Crippen LogP contribution >= 0.6 is 13.5 Å². The van der Waals surface area contributed by atoms with Gasteiger partial charge in [-0.1, -0.05) is 37.6 Å². The molecule has 1 heterocycles. The highest BCUT2D eigenvalue weighted by molar-refractivity contribution is 7.59. The molecule has 1 aliphatic carbocycles. The van der Waals surface area contributed by atoms with E-state index in [0.717, 1.165) is 49.9 Å². The molecule has 0 aromatic heterocycles. The molecule has 2 aromatic rings. The van der Waals surface area contributed by atoms with Crippen molar-refractivity contribution < 1.29 is 14.7 Å². The first-order chi connectivity index (χ1) is 13.6. The lowest BCUT2D eigenvalue weighted by molar-refractivity contribution is -0.126. The zero-order valence-electron chi connectivity index (χ0n) is 16.9. The van der Waals surface area contributed by atoms with Gasteiger partial charge in [0.2, 0.25) is 5.91 Å². The maximum absolute atomic E-state index is 13.4. The number of aliphatic hydroxyl groups excluding tert-OH is 1. The summed E-state index contributed by atoms with van der Waals surface area (Å²) in [6.45, 7) is 2.43. The van der Waals surface area contributed by atoms with E-state index < -0.39 is 6.61 Å². The molecule has 154 valence electrons. The molecular weight excluding hydrogens is 382 g/mol. The minimum Gasteiger partial charge on any atom is -0.388 e. The number of hydrogen-bond donors (Lipinski definition) is 1. The number of aryl methyl sites for hydroxylation is 2. The van der Waals surface area contributed by atoms with Gasteiger partial charge in [0.1, 0.15) is 6.61 Å². The Labute approximate surface area is 179 Å². The van der Waals surface area contributed by atoms with Crippen molar-refractivity contribution >= 4 is 30.9 Å². The highest BCUT2D eigenvalue weighted by atomic mass is 32.1. The van der Waals surface area contributed by atoms with Gasteiger partial charge in [-0.2, -0.15) is 13.5 Å². The molecule has 0 radical (unpaired) electrons. The molecule has 29 heavy (non-hydrogen) atoms. The fraction of sp³-hybridized carbons (Fsp3) is 0.417. The summed E-state index contributed by atoms with van der Waals surface area (Å²) in [5, 5.41) is 9.14. The maximum atomic E-state index is 13.4. The number of benzene rings is 2. The summed E-state index contributed by atoms with van der Waals surface area (Å²) < 4.78 is 0. The van der Waals surface area contributed by atoms with Gasteiger partial charge >= 0.3 is 0 Å². The van der Waals surface area contributed by atoms with Crippen LogP contribution in [0.15, 0.2) is 42.5 Å². The summed E-state index contributed by atoms with van der Waals surface area (Å²) in [6, 6.07) is 14.0. The van der Waals surface area contributed by atoms with Crippen LogP contribution in [0.25, 0.3) is 0 Å². The molecule has 0 unspecified atom stereocenters. The highest BCUT2D eigenvalue weighted by Gasteiger charge is 2.48. The number of carbonyl (C=O) groups is 2. The molecule has 0 bridgehead atoms. The third-order valence-electron chi connectivity index (χ3n) is 6.37. The van der Waals surface area contributed by atoms with E-state index in [1.165, 1.54) is 11.1 Å². The Hall–Kier alpha value is -2.11. The van der Waals surface area contributed by atoms with E-state index in [2.05, 4.69) is 31.2 Å². The van der Waals surface area contributed by atoms with Crippen LogP contribution in [0.3, 0.4) is 0 Å². The van der Waals surface area contributed by atoms with Gasteiger partial charge in [-0.25, -0.2) is 0 Å². The number of nitrogens with zero attached hydrogens (tertiary/aromatic N) is 1. The lowest BCUT2D eigenvalue weighted by Crippen LogP contribution is -2.38. The second kappa shape index (κ2) is 8.72. The van der Waals surface area contributed by atoms with Gasteiger partial charge in [-0.3, -0.25) is 9.59 Å². The average Bonchev–Trinajstić information content (AvgIpc) is 3.03. The number of fused-ring (bicyclic) bond motifs is 1. The lowest BCUT2D eigenvalue weighted by atomic mass is 9.70. The van der Waals surface area contributed by atoms with E-state index in [0.29, 0.717) is 12.0 Å². The Morgan fingerprint density at radius 3 is 2.55 bits per heavy atom. The van der Waals surface area contributed by atoms with Crippen LogP contribution in [0.2, 0.25) is 0 Å². The standard InChI is InChI=1S/C24H27NO3.H2S/c1-2-3-17-4-8-21(9-5-17)25-13-12-24(23(25)28)11-10-18-6-7-19(22(27)16-26)14-20(18)15-24;/h4-9,14,26H,2-3,10-13,15-16H2,1H3;1H2/t24-;/m1./s1. The predicted octanol–water partition coefficient (Wildman–Crippen LogP) is 3.84. The van der Waals surface area contributed by atoms with Crippen LogP contribution in [-0.4, -0.2) is 29.9 Å². The lowest BCUT2D eigenvalue weighted by Gasteiger charge is -2.33. The molecule has 2 aromatic carbocycles. The minimum atomic E-state index is -0.481. The van der Waals surface area contributed by atoms with E-state index in [1.807, 2.05) is 17.0 Å². The van der Waals surface area contributed by atoms with Crippen molar-refractivity contribution in [3.63, 3.8) is 0 Å². The van der Waals surface area contributed by atoms with Gasteiger partial charge in [0.05, 0.1) is 5.41 Å². The van der Waals surface area contributed by atoms with E-state index in [9.17, 15) is 9.59 Å². The van der Waals surface area contributed by atoms with Crippen LogP contribution in [0.5, 0.6) is 0 Å². The van der Waals surface area contributed by atoms with Crippen LogP contribution in [0.1, 0.15) is 53.2 Å². The quantitative estimate of drug-likeness (QED) is 0.761. The first-order valence-corrected chi connectivity index (χ1v) is 10.2. The fourth-order valence-electron chi connectivity index (χ4n) is 4.72. The molecule has 1 N–H and O–H groups in total. The SMILES string of the molecule is CCCc1ccc(N2CC[C@@]3(CCc4ccc(C(=O)CO)cc4C3)C2=O)cc1.S. The largest absolute Gasteiger partial charge is 0.388 e. The van der Waals surface area contributed by atoms with Crippen LogP contribution < -0.4 is 4.90 Å².